The van der Waals surface area contributed by atoms with Crippen LogP contribution in [0.25, 0.3) is 0 Å². The number of nitrogens with zero attached hydrogens (tertiary/aromatic N) is 1. The fourth-order valence-corrected chi connectivity index (χ4v) is 3.95. The summed E-state index contributed by atoms with van der Waals surface area (Å²) in [6.07, 6.45) is 0.408. The Bertz CT molecular complexity index is 688. The molecule has 23 heavy (non-hydrogen) atoms. The van der Waals surface area contributed by atoms with Crippen molar-refractivity contribution in [3.05, 3.63) is 28.7 Å². The second-order valence-electron chi connectivity index (χ2n) is 5.01. The van der Waals surface area contributed by atoms with Crippen LogP contribution < -0.4 is 10.9 Å². The summed E-state index contributed by atoms with van der Waals surface area (Å²) in [5, 5.41) is 0. The van der Waals surface area contributed by atoms with Crippen LogP contribution in [0.5, 0.6) is 0 Å². The van der Waals surface area contributed by atoms with Crippen molar-refractivity contribution in [2.75, 3.05) is 23.5 Å². The molecular formula is C14H18BrN3O4S. The van der Waals surface area contributed by atoms with Gasteiger partial charge in [0.15, 0.2) is 9.84 Å². The van der Waals surface area contributed by atoms with Crippen molar-refractivity contribution < 1.29 is 17.9 Å². The van der Waals surface area contributed by atoms with Crippen LogP contribution in [-0.4, -0.2) is 44.4 Å². The smallest absolute Gasteiger partial charge is 0.375 e. The van der Waals surface area contributed by atoms with Crippen LogP contribution in [0.4, 0.5) is 5.69 Å². The van der Waals surface area contributed by atoms with Crippen molar-refractivity contribution in [3.8, 4) is 0 Å². The highest BCUT2D eigenvalue weighted by atomic mass is 79.9. The van der Waals surface area contributed by atoms with E-state index in [2.05, 4.69) is 31.8 Å². The molecule has 1 aliphatic heterocycles. The largest absolute Gasteiger partial charge is 0.460 e. The first-order valence-corrected chi connectivity index (χ1v) is 9.74. The quantitative estimate of drug-likeness (QED) is 0.342. The Morgan fingerprint density at radius 3 is 2.65 bits per heavy atom. The van der Waals surface area contributed by atoms with Crippen LogP contribution in [0, 0.1) is 0 Å². The first-order chi connectivity index (χ1) is 10.9. The number of hydrogen-bond donors (Lipinski definition) is 2. The molecule has 0 saturated carbocycles. The first-order valence-electron chi connectivity index (χ1n) is 7.12. The highest BCUT2D eigenvalue weighted by Crippen LogP contribution is 2.15. The lowest BCUT2D eigenvalue weighted by Crippen LogP contribution is -2.38. The molecule has 1 aliphatic rings. The average molecular weight is 404 g/mol. The monoisotopic (exact) mass is 403 g/mol. The maximum atomic E-state index is 12.0. The lowest BCUT2D eigenvalue weighted by Gasteiger charge is -2.13. The molecule has 7 nitrogen and oxygen atoms in total. The number of aliphatic imine (C=N–C) groups is 1. The molecule has 1 fully saturated rings. The summed E-state index contributed by atoms with van der Waals surface area (Å²) in [4.78, 5) is 16.2. The molecule has 1 aromatic carbocycles. The van der Waals surface area contributed by atoms with Crippen molar-refractivity contribution in [2.24, 2.45) is 4.99 Å². The van der Waals surface area contributed by atoms with Gasteiger partial charge in [-0.05, 0) is 37.6 Å². The minimum absolute atomic E-state index is 0.0307. The Balaban J connectivity index is 2.08. The summed E-state index contributed by atoms with van der Waals surface area (Å²) < 4.78 is 28.9. The van der Waals surface area contributed by atoms with Crippen molar-refractivity contribution in [2.45, 2.75) is 19.4 Å². The van der Waals surface area contributed by atoms with Crippen molar-refractivity contribution >= 4 is 43.3 Å². The number of ether oxygens (including phenoxy) is 1. The number of nitrogens with one attached hydrogen (secondary N) is 2. The third kappa shape index (κ3) is 5.51. The van der Waals surface area contributed by atoms with E-state index in [-0.39, 0.29) is 23.9 Å². The average Bonchev–Trinajstić information content (AvgIpc) is 2.84. The summed E-state index contributed by atoms with van der Waals surface area (Å²) in [6, 6.07) is 6.86. The highest BCUT2D eigenvalue weighted by Gasteiger charge is 2.29. The number of halogens is 1. The molecule has 9 heteroatoms. The Morgan fingerprint density at radius 1 is 1.39 bits per heavy atom. The van der Waals surface area contributed by atoms with Gasteiger partial charge in [0.05, 0.1) is 29.8 Å². The number of hydrogen-bond acceptors (Lipinski definition) is 6. The number of amidine groups is 1. The summed E-state index contributed by atoms with van der Waals surface area (Å²) in [5.41, 5.74) is 6.29. The normalized spacial score (nSPS) is 20.1. The summed E-state index contributed by atoms with van der Waals surface area (Å²) in [7, 11) is -3.06. The molecule has 0 amide bonds. The lowest BCUT2D eigenvalue weighted by atomic mass is 10.3. The van der Waals surface area contributed by atoms with Gasteiger partial charge in [-0.15, -0.1) is 0 Å². The Morgan fingerprint density at radius 2 is 2.09 bits per heavy atom. The van der Waals surface area contributed by atoms with Gasteiger partial charge < -0.3 is 4.74 Å². The number of carbonyl (C=O) groups excluding carboxylic acids is 1. The van der Waals surface area contributed by atoms with Crippen LogP contribution in [0.1, 0.15) is 13.3 Å². The maximum Gasteiger partial charge on any atom is 0.375 e. The van der Waals surface area contributed by atoms with Gasteiger partial charge in [-0.25, -0.2) is 13.2 Å². The number of esters is 1. The van der Waals surface area contributed by atoms with Crippen LogP contribution in [-0.2, 0) is 19.4 Å². The molecular weight excluding hydrogens is 386 g/mol. The minimum Gasteiger partial charge on any atom is -0.460 e. The number of anilines is 1. The van der Waals surface area contributed by atoms with Crippen molar-refractivity contribution in [1.29, 1.82) is 0 Å². The summed E-state index contributed by atoms with van der Waals surface area (Å²) >= 11 is 3.34. The second-order valence-corrected chi connectivity index (χ2v) is 8.16. The van der Waals surface area contributed by atoms with Crippen LogP contribution in [0.2, 0.25) is 0 Å². The fourth-order valence-electron chi connectivity index (χ4n) is 2.06. The molecule has 0 bridgehead atoms. The summed E-state index contributed by atoms with van der Waals surface area (Å²) in [6.45, 7) is 1.90. The van der Waals surface area contributed by atoms with E-state index in [0.29, 0.717) is 6.42 Å². The Kier molecular flexibility index (Phi) is 6.00. The van der Waals surface area contributed by atoms with E-state index >= 15 is 0 Å². The molecule has 2 N–H and O–H groups in total. The van der Waals surface area contributed by atoms with Crippen LogP contribution in [0.3, 0.4) is 0 Å². The molecule has 126 valence electrons. The Hall–Kier alpha value is -1.61. The summed E-state index contributed by atoms with van der Waals surface area (Å²) in [5.74, 6) is -0.605. The highest BCUT2D eigenvalue weighted by molar-refractivity contribution is 9.10. The number of rotatable bonds is 4. The molecule has 1 heterocycles. The number of sulfone groups is 1. The zero-order chi connectivity index (χ0) is 16.9. The van der Waals surface area contributed by atoms with E-state index < -0.39 is 21.8 Å². The van der Waals surface area contributed by atoms with E-state index in [9.17, 15) is 13.2 Å². The van der Waals surface area contributed by atoms with E-state index in [1.807, 2.05) is 12.1 Å². The topological polar surface area (TPSA) is 96.9 Å². The fraction of sp³-hybridized carbons (Fsp3) is 0.429. The Labute approximate surface area is 143 Å². The molecule has 1 aromatic rings. The van der Waals surface area contributed by atoms with E-state index in [1.54, 1.807) is 19.1 Å². The predicted octanol–water partition coefficient (Wildman–Crippen LogP) is 1.51. The van der Waals surface area contributed by atoms with Gasteiger partial charge in [-0.1, -0.05) is 15.9 Å². The van der Waals surface area contributed by atoms with Gasteiger partial charge in [-0.3, -0.25) is 15.8 Å². The molecule has 1 saturated heterocycles. The SMILES string of the molecule is CCOC(=O)C(=N[C@@H]1CCS(=O)(=O)C1)NNc1ccc(Br)cc1. The molecule has 0 aromatic heterocycles. The second kappa shape index (κ2) is 7.78. The maximum absolute atomic E-state index is 12.0. The van der Waals surface area contributed by atoms with Crippen LogP contribution >= 0.6 is 15.9 Å². The van der Waals surface area contributed by atoms with Gasteiger partial charge >= 0.3 is 5.97 Å². The zero-order valence-corrected chi connectivity index (χ0v) is 15.0. The molecule has 0 unspecified atom stereocenters. The molecule has 0 radical (unpaired) electrons. The van der Waals surface area contributed by atoms with E-state index in [0.717, 1.165) is 10.2 Å². The third-order valence-electron chi connectivity index (χ3n) is 3.16. The van der Waals surface area contributed by atoms with Crippen molar-refractivity contribution in [1.82, 2.24) is 5.43 Å². The lowest BCUT2D eigenvalue weighted by molar-refractivity contribution is -0.135. The minimum atomic E-state index is -3.06. The van der Waals surface area contributed by atoms with Gasteiger partial charge in [0, 0.05) is 4.47 Å². The number of benzene rings is 1. The predicted molar refractivity (Wildman–Crippen MR) is 92.0 cm³/mol. The van der Waals surface area contributed by atoms with Gasteiger partial charge in [0.1, 0.15) is 0 Å². The molecule has 2 rings (SSSR count). The van der Waals surface area contributed by atoms with Gasteiger partial charge in [0.2, 0.25) is 5.84 Å². The van der Waals surface area contributed by atoms with Crippen LogP contribution in [0.15, 0.2) is 33.7 Å². The third-order valence-corrected chi connectivity index (χ3v) is 5.44. The van der Waals surface area contributed by atoms with E-state index in [4.69, 9.17) is 4.74 Å². The van der Waals surface area contributed by atoms with Gasteiger partial charge in [-0.2, -0.15) is 0 Å². The standard InChI is InChI=1S/C14H18BrN3O4S/c1-2-22-14(19)13(16-12-7-8-23(20,21)9-12)18-17-11-5-3-10(15)4-6-11/h3-6,12,17H,2,7-9H2,1H3,(H,16,18)/t12-/m1/s1. The van der Waals surface area contributed by atoms with Gasteiger partial charge in [0.25, 0.3) is 0 Å². The first kappa shape index (κ1) is 17.7. The van der Waals surface area contributed by atoms with E-state index in [1.165, 1.54) is 0 Å². The number of hydrazine groups is 1. The van der Waals surface area contributed by atoms with Crippen molar-refractivity contribution in [3.63, 3.8) is 0 Å². The molecule has 0 spiro atoms. The molecule has 1 atom stereocenters. The zero-order valence-electron chi connectivity index (χ0n) is 12.6. The molecule has 0 aliphatic carbocycles. The number of carbonyl (C=O) groups is 1.